The summed E-state index contributed by atoms with van der Waals surface area (Å²) in [5, 5.41) is 12.4. The van der Waals surface area contributed by atoms with Crippen molar-refractivity contribution in [3.63, 3.8) is 0 Å². The number of rotatable bonds is 5. The lowest BCUT2D eigenvalue weighted by molar-refractivity contribution is 0.320. The first kappa shape index (κ1) is 15.3. The molecule has 2 aromatic carbocycles. The van der Waals surface area contributed by atoms with Crippen LogP contribution in [0.25, 0.3) is 0 Å². The van der Waals surface area contributed by atoms with E-state index in [2.05, 4.69) is 26.1 Å². The van der Waals surface area contributed by atoms with Gasteiger partial charge in [0.05, 0.1) is 18.5 Å². The molecule has 0 aliphatic heterocycles. The number of nitrogens with zero attached hydrogens (tertiary/aromatic N) is 2. The Labute approximate surface area is 131 Å². The summed E-state index contributed by atoms with van der Waals surface area (Å²) in [6.07, 6.45) is 1.53. The van der Waals surface area contributed by atoms with Crippen LogP contribution in [0.1, 0.15) is 12.5 Å². The first-order valence-electron chi connectivity index (χ1n) is 6.48. The first-order chi connectivity index (χ1) is 10.2. The topological polar surface area (TPSA) is 54.2 Å². The zero-order chi connectivity index (χ0) is 15.1. The first-order valence-corrected chi connectivity index (χ1v) is 7.27. The third-order valence-corrected chi connectivity index (χ3v) is 3.26. The maximum Gasteiger partial charge on any atom is 0.128 e. The minimum Gasteiger partial charge on any atom is -0.494 e. The average Bonchev–Trinajstić information content (AvgIpc) is 2.51. The standard InChI is InChI=1S/C16H15BrN2O2/c1-2-21-15-9-3-12(4-10-15)16(19-20)11-18-14-7-5-13(17)6-8-14/h3-11,20H,2H2,1H3/b18-11?,19-16+. The van der Waals surface area contributed by atoms with Crippen molar-refractivity contribution in [1.29, 1.82) is 0 Å². The van der Waals surface area contributed by atoms with Crippen molar-refractivity contribution in [2.45, 2.75) is 6.92 Å². The largest absolute Gasteiger partial charge is 0.494 e. The highest BCUT2D eigenvalue weighted by Crippen LogP contribution is 2.17. The Balaban J connectivity index is 2.14. The van der Waals surface area contributed by atoms with Gasteiger partial charge in [0.25, 0.3) is 0 Å². The molecular weight excluding hydrogens is 332 g/mol. The van der Waals surface area contributed by atoms with Crippen molar-refractivity contribution in [1.82, 2.24) is 0 Å². The van der Waals surface area contributed by atoms with Crippen LogP contribution in [-0.2, 0) is 0 Å². The monoisotopic (exact) mass is 346 g/mol. The Morgan fingerprint density at radius 3 is 2.38 bits per heavy atom. The third kappa shape index (κ3) is 4.43. The van der Waals surface area contributed by atoms with Crippen LogP contribution >= 0.6 is 15.9 Å². The molecule has 0 radical (unpaired) electrons. The van der Waals surface area contributed by atoms with E-state index in [-0.39, 0.29) is 0 Å². The van der Waals surface area contributed by atoms with Crippen LogP contribution in [0.3, 0.4) is 0 Å². The van der Waals surface area contributed by atoms with Gasteiger partial charge in [-0.05, 0) is 55.5 Å². The summed E-state index contributed by atoms with van der Waals surface area (Å²) in [6, 6.07) is 14.9. The Bertz CT molecular complexity index is 634. The van der Waals surface area contributed by atoms with Gasteiger partial charge in [0, 0.05) is 10.0 Å². The number of benzene rings is 2. The second-order valence-corrected chi connectivity index (χ2v) is 5.09. The highest BCUT2D eigenvalue weighted by atomic mass is 79.9. The zero-order valence-corrected chi connectivity index (χ0v) is 13.1. The van der Waals surface area contributed by atoms with Gasteiger partial charge < -0.3 is 9.94 Å². The van der Waals surface area contributed by atoms with Crippen molar-refractivity contribution < 1.29 is 9.94 Å². The van der Waals surface area contributed by atoms with E-state index >= 15 is 0 Å². The number of hydrogen-bond donors (Lipinski definition) is 1. The van der Waals surface area contributed by atoms with E-state index in [0.29, 0.717) is 12.3 Å². The van der Waals surface area contributed by atoms with E-state index in [4.69, 9.17) is 9.94 Å². The van der Waals surface area contributed by atoms with Crippen molar-refractivity contribution in [2.75, 3.05) is 6.61 Å². The number of halogens is 1. The summed E-state index contributed by atoms with van der Waals surface area (Å²) in [7, 11) is 0. The molecule has 0 amide bonds. The van der Waals surface area contributed by atoms with Gasteiger partial charge in [-0.25, -0.2) is 0 Å². The highest BCUT2D eigenvalue weighted by molar-refractivity contribution is 9.10. The molecule has 5 heteroatoms. The number of aliphatic imine (C=N–C) groups is 1. The minimum atomic E-state index is 0.390. The molecule has 4 nitrogen and oxygen atoms in total. The lowest BCUT2D eigenvalue weighted by atomic mass is 10.1. The smallest absolute Gasteiger partial charge is 0.128 e. The molecule has 0 heterocycles. The summed E-state index contributed by atoms with van der Waals surface area (Å²) in [4.78, 5) is 4.29. The summed E-state index contributed by atoms with van der Waals surface area (Å²) < 4.78 is 6.36. The van der Waals surface area contributed by atoms with E-state index in [1.807, 2.05) is 55.5 Å². The maximum absolute atomic E-state index is 9.13. The Hall–Kier alpha value is -2.14. The van der Waals surface area contributed by atoms with E-state index in [1.165, 1.54) is 6.21 Å². The van der Waals surface area contributed by atoms with Crippen LogP contribution < -0.4 is 4.74 Å². The normalized spacial score (nSPS) is 11.8. The summed E-state index contributed by atoms with van der Waals surface area (Å²) in [6.45, 7) is 2.55. The van der Waals surface area contributed by atoms with Gasteiger partial charge >= 0.3 is 0 Å². The summed E-state index contributed by atoms with van der Waals surface area (Å²) >= 11 is 3.37. The molecule has 2 aromatic rings. The van der Waals surface area contributed by atoms with E-state index in [1.54, 1.807) is 0 Å². The van der Waals surface area contributed by atoms with Crippen molar-refractivity contribution in [2.24, 2.45) is 10.1 Å². The SMILES string of the molecule is CCOc1ccc(/C(C=Nc2ccc(Br)cc2)=N/O)cc1. The van der Waals surface area contributed by atoms with Crippen molar-refractivity contribution >= 4 is 33.5 Å². The predicted molar refractivity (Wildman–Crippen MR) is 88.2 cm³/mol. The minimum absolute atomic E-state index is 0.390. The average molecular weight is 347 g/mol. The van der Waals surface area contributed by atoms with Crippen LogP contribution in [0.5, 0.6) is 5.75 Å². The third-order valence-electron chi connectivity index (χ3n) is 2.73. The van der Waals surface area contributed by atoms with Crippen LogP contribution in [0.4, 0.5) is 5.69 Å². The number of oxime groups is 1. The van der Waals surface area contributed by atoms with Crippen molar-refractivity contribution in [3.8, 4) is 5.75 Å². The Morgan fingerprint density at radius 1 is 1.14 bits per heavy atom. The fourth-order valence-corrected chi connectivity index (χ4v) is 1.97. The highest BCUT2D eigenvalue weighted by Gasteiger charge is 2.02. The van der Waals surface area contributed by atoms with Gasteiger partial charge in [-0.2, -0.15) is 0 Å². The fourth-order valence-electron chi connectivity index (χ4n) is 1.71. The summed E-state index contributed by atoms with van der Waals surface area (Å²) in [5.41, 5.74) is 1.94. The van der Waals surface area contributed by atoms with Gasteiger partial charge in [-0.3, -0.25) is 4.99 Å². The lowest BCUT2D eigenvalue weighted by Gasteiger charge is -2.04. The Morgan fingerprint density at radius 2 is 1.81 bits per heavy atom. The van der Waals surface area contributed by atoms with Gasteiger partial charge in [-0.15, -0.1) is 0 Å². The molecule has 1 N–H and O–H groups in total. The zero-order valence-electron chi connectivity index (χ0n) is 11.5. The molecule has 0 atom stereocenters. The lowest BCUT2D eigenvalue weighted by Crippen LogP contribution is -2.02. The molecule has 0 bridgehead atoms. The van der Waals surface area contributed by atoms with Gasteiger partial charge in [0.15, 0.2) is 0 Å². The van der Waals surface area contributed by atoms with E-state index in [0.717, 1.165) is 21.5 Å². The molecule has 0 spiro atoms. The molecule has 0 aliphatic carbocycles. The predicted octanol–water partition coefficient (Wildman–Crippen LogP) is 4.43. The molecule has 0 saturated heterocycles. The molecular formula is C16H15BrN2O2. The molecule has 108 valence electrons. The second kappa shape index (κ2) is 7.59. The van der Waals surface area contributed by atoms with Gasteiger partial charge in [0.2, 0.25) is 0 Å². The molecule has 2 rings (SSSR count). The molecule has 0 fully saturated rings. The Kier molecular flexibility index (Phi) is 5.51. The quantitative estimate of drug-likeness (QED) is 0.494. The molecule has 0 aromatic heterocycles. The van der Waals surface area contributed by atoms with E-state index < -0.39 is 0 Å². The maximum atomic E-state index is 9.13. The van der Waals surface area contributed by atoms with Crippen LogP contribution in [0.15, 0.2) is 63.2 Å². The second-order valence-electron chi connectivity index (χ2n) is 4.18. The molecule has 0 unspecified atom stereocenters. The van der Waals surface area contributed by atoms with E-state index in [9.17, 15) is 0 Å². The molecule has 0 saturated carbocycles. The number of hydrogen-bond acceptors (Lipinski definition) is 4. The van der Waals surface area contributed by atoms with Gasteiger partial charge in [-0.1, -0.05) is 21.1 Å². The molecule has 21 heavy (non-hydrogen) atoms. The number of ether oxygens (including phenoxy) is 1. The van der Waals surface area contributed by atoms with Crippen molar-refractivity contribution in [3.05, 3.63) is 58.6 Å². The van der Waals surface area contributed by atoms with Gasteiger partial charge in [0.1, 0.15) is 11.5 Å². The van der Waals surface area contributed by atoms with Crippen LogP contribution in [-0.4, -0.2) is 23.7 Å². The fraction of sp³-hybridized carbons (Fsp3) is 0.125. The van der Waals surface area contributed by atoms with Crippen LogP contribution in [0.2, 0.25) is 0 Å². The summed E-state index contributed by atoms with van der Waals surface area (Å²) in [5.74, 6) is 0.781. The van der Waals surface area contributed by atoms with Crippen LogP contribution in [0, 0.1) is 0 Å². The molecule has 0 aliphatic rings.